The number of carbonyl (C=O) groups is 1. The summed E-state index contributed by atoms with van der Waals surface area (Å²) in [6.07, 6.45) is -1.07. The van der Waals surface area contributed by atoms with E-state index >= 15 is 0 Å². The van der Waals surface area contributed by atoms with E-state index in [9.17, 15) is 14.3 Å². The number of halogens is 1. The van der Waals surface area contributed by atoms with Gasteiger partial charge in [-0.05, 0) is 17.5 Å². The molecule has 2 aromatic rings. The summed E-state index contributed by atoms with van der Waals surface area (Å²) in [7, 11) is 0. The molecule has 0 saturated heterocycles. The van der Waals surface area contributed by atoms with Gasteiger partial charge < -0.3 is 10.4 Å². The van der Waals surface area contributed by atoms with E-state index in [0.717, 1.165) is 5.56 Å². The molecule has 2 unspecified atom stereocenters. The summed E-state index contributed by atoms with van der Waals surface area (Å²) in [5, 5.41) is 12.8. The minimum absolute atomic E-state index is 0.0180. The molecule has 2 rings (SSSR count). The number of aliphatic hydroxyl groups excluding tert-OH is 1. The molecule has 3 nitrogen and oxygen atoms in total. The summed E-state index contributed by atoms with van der Waals surface area (Å²) in [5.41, 5.74) is 1.12. The number of amides is 1. The molecule has 23 heavy (non-hydrogen) atoms. The average Bonchev–Trinajstić information content (AvgIpc) is 2.54. The van der Waals surface area contributed by atoms with Crippen molar-refractivity contribution in [3.63, 3.8) is 0 Å². The second kappa shape index (κ2) is 7.88. The van der Waals surface area contributed by atoms with Crippen molar-refractivity contribution < 1.29 is 14.3 Å². The van der Waals surface area contributed by atoms with Crippen LogP contribution in [-0.2, 0) is 4.79 Å². The van der Waals surface area contributed by atoms with Crippen molar-refractivity contribution in [3.05, 3.63) is 71.5 Å². The SMILES string of the molecule is CC(C)C(C(=O)NCC(O)c1ccccc1F)c1ccccc1. The van der Waals surface area contributed by atoms with Crippen LogP contribution in [0.25, 0.3) is 0 Å². The van der Waals surface area contributed by atoms with Crippen LogP contribution >= 0.6 is 0 Å². The van der Waals surface area contributed by atoms with Crippen LogP contribution < -0.4 is 5.32 Å². The summed E-state index contributed by atoms with van der Waals surface area (Å²) in [4.78, 5) is 12.5. The highest BCUT2D eigenvalue weighted by Crippen LogP contribution is 2.25. The van der Waals surface area contributed by atoms with E-state index in [0.29, 0.717) is 0 Å². The number of aliphatic hydroxyl groups is 1. The minimum atomic E-state index is -1.07. The summed E-state index contributed by atoms with van der Waals surface area (Å²) >= 11 is 0. The van der Waals surface area contributed by atoms with E-state index in [-0.39, 0.29) is 29.9 Å². The van der Waals surface area contributed by atoms with Gasteiger partial charge in [0.15, 0.2) is 0 Å². The molecule has 0 spiro atoms. The largest absolute Gasteiger partial charge is 0.386 e. The van der Waals surface area contributed by atoms with Gasteiger partial charge in [0.2, 0.25) is 5.91 Å². The predicted molar refractivity (Wildman–Crippen MR) is 88.4 cm³/mol. The Morgan fingerprint density at radius 3 is 2.30 bits per heavy atom. The smallest absolute Gasteiger partial charge is 0.227 e. The summed E-state index contributed by atoms with van der Waals surface area (Å²) in [6.45, 7) is 3.94. The fraction of sp³-hybridized carbons (Fsp3) is 0.316. The van der Waals surface area contributed by atoms with E-state index < -0.39 is 11.9 Å². The number of benzene rings is 2. The quantitative estimate of drug-likeness (QED) is 0.858. The molecule has 0 aliphatic rings. The number of nitrogens with one attached hydrogen (secondary N) is 1. The van der Waals surface area contributed by atoms with Gasteiger partial charge in [0.05, 0.1) is 12.0 Å². The van der Waals surface area contributed by atoms with Crippen LogP contribution in [0.1, 0.15) is 37.0 Å². The van der Waals surface area contributed by atoms with E-state index in [1.807, 2.05) is 44.2 Å². The van der Waals surface area contributed by atoms with E-state index in [4.69, 9.17) is 0 Å². The normalized spacial score (nSPS) is 13.6. The molecule has 0 aliphatic carbocycles. The molecular weight excluding hydrogens is 293 g/mol. The predicted octanol–water partition coefficient (Wildman–Crippen LogP) is 3.42. The van der Waals surface area contributed by atoms with Crippen LogP contribution in [0.3, 0.4) is 0 Å². The lowest BCUT2D eigenvalue weighted by Crippen LogP contribution is -2.35. The van der Waals surface area contributed by atoms with Crippen LogP contribution in [0.2, 0.25) is 0 Å². The lowest BCUT2D eigenvalue weighted by atomic mass is 9.87. The molecule has 0 saturated carbocycles. The first-order valence-electron chi connectivity index (χ1n) is 7.76. The Labute approximate surface area is 136 Å². The highest BCUT2D eigenvalue weighted by molar-refractivity contribution is 5.83. The number of hydrogen-bond donors (Lipinski definition) is 2. The Bertz CT molecular complexity index is 643. The highest BCUT2D eigenvalue weighted by Gasteiger charge is 2.24. The van der Waals surface area contributed by atoms with Crippen molar-refractivity contribution >= 4 is 5.91 Å². The van der Waals surface area contributed by atoms with Gasteiger partial charge in [-0.3, -0.25) is 4.79 Å². The molecule has 0 aromatic heterocycles. The van der Waals surface area contributed by atoms with Gasteiger partial charge in [0.25, 0.3) is 0 Å². The molecule has 1 amide bonds. The third kappa shape index (κ3) is 4.39. The maximum atomic E-state index is 13.6. The van der Waals surface area contributed by atoms with E-state index in [1.54, 1.807) is 12.1 Å². The highest BCUT2D eigenvalue weighted by atomic mass is 19.1. The van der Waals surface area contributed by atoms with Gasteiger partial charge in [0, 0.05) is 12.1 Å². The zero-order valence-electron chi connectivity index (χ0n) is 13.4. The van der Waals surface area contributed by atoms with Gasteiger partial charge in [-0.25, -0.2) is 4.39 Å². The average molecular weight is 315 g/mol. The van der Waals surface area contributed by atoms with Crippen LogP contribution in [-0.4, -0.2) is 17.6 Å². The van der Waals surface area contributed by atoms with Gasteiger partial charge >= 0.3 is 0 Å². The van der Waals surface area contributed by atoms with Crippen molar-refractivity contribution in [2.45, 2.75) is 25.9 Å². The van der Waals surface area contributed by atoms with Crippen LogP contribution in [0, 0.1) is 11.7 Å². The fourth-order valence-corrected chi connectivity index (χ4v) is 2.66. The number of carbonyl (C=O) groups excluding carboxylic acids is 1. The van der Waals surface area contributed by atoms with Gasteiger partial charge in [-0.2, -0.15) is 0 Å². The van der Waals surface area contributed by atoms with E-state index in [2.05, 4.69) is 5.32 Å². The maximum Gasteiger partial charge on any atom is 0.227 e. The molecule has 4 heteroatoms. The standard InChI is InChI=1S/C19H22FNO2/c1-13(2)18(14-8-4-3-5-9-14)19(23)21-12-17(22)15-10-6-7-11-16(15)20/h3-11,13,17-18,22H,12H2,1-2H3,(H,21,23). The van der Waals surface area contributed by atoms with Crippen LogP contribution in [0.5, 0.6) is 0 Å². The molecule has 0 fully saturated rings. The molecule has 122 valence electrons. The first-order chi connectivity index (χ1) is 11.0. The van der Waals surface area contributed by atoms with Crippen LogP contribution in [0.15, 0.2) is 54.6 Å². The number of rotatable bonds is 6. The molecule has 2 N–H and O–H groups in total. The second-order valence-corrected chi connectivity index (χ2v) is 5.91. The van der Waals surface area contributed by atoms with Crippen molar-refractivity contribution in [3.8, 4) is 0 Å². The monoisotopic (exact) mass is 315 g/mol. The number of hydrogen-bond acceptors (Lipinski definition) is 2. The summed E-state index contributed by atoms with van der Waals surface area (Å²) in [6, 6.07) is 15.6. The molecule has 0 aliphatic heterocycles. The topological polar surface area (TPSA) is 49.3 Å². The molecular formula is C19H22FNO2. The molecule has 2 atom stereocenters. The molecule has 0 bridgehead atoms. The Balaban J connectivity index is 2.04. The lowest BCUT2D eigenvalue weighted by Gasteiger charge is -2.22. The Morgan fingerprint density at radius 1 is 1.09 bits per heavy atom. The van der Waals surface area contributed by atoms with Crippen molar-refractivity contribution in [1.82, 2.24) is 5.32 Å². The van der Waals surface area contributed by atoms with Crippen LogP contribution in [0.4, 0.5) is 4.39 Å². The van der Waals surface area contributed by atoms with Gasteiger partial charge in [-0.15, -0.1) is 0 Å². The minimum Gasteiger partial charge on any atom is -0.386 e. The third-order valence-electron chi connectivity index (χ3n) is 3.84. The Hall–Kier alpha value is -2.20. The van der Waals surface area contributed by atoms with Gasteiger partial charge in [-0.1, -0.05) is 62.4 Å². The Morgan fingerprint density at radius 2 is 1.70 bits per heavy atom. The third-order valence-corrected chi connectivity index (χ3v) is 3.84. The molecule has 0 radical (unpaired) electrons. The zero-order valence-corrected chi connectivity index (χ0v) is 13.4. The van der Waals surface area contributed by atoms with Crippen molar-refractivity contribution in [1.29, 1.82) is 0 Å². The first kappa shape index (κ1) is 17.2. The molecule has 2 aromatic carbocycles. The first-order valence-corrected chi connectivity index (χ1v) is 7.76. The maximum absolute atomic E-state index is 13.6. The van der Waals surface area contributed by atoms with E-state index in [1.165, 1.54) is 12.1 Å². The van der Waals surface area contributed by atoms with Crippen molar-refractivity contribution in [2.75, 3.05) is 6.54 Å². The molecule has 0 heterocycles. The second-order valence-electron chi connectivity index (χ2n) is 5.91. The summed E-state index contributed by atoms with van der Waals surface area (Å²) in [5.74, 6) is -0.827. The zero-order chi connectivity index (χ0) is 16.8. The van der Waals surface area contributed by atoms with Crippen molar-refractivity contribution in [2.24, 2.45) is 5.92 Å². The van der Waals surface area contributed by atoms with Gasteiger partial charge in [0.1, 0.15) is 5.82 Å². The summed E-state index contributed by atoms with van der Waals surface area (Å²) < 4.78 is 13.6. The Kier molecular flexibility index (Phi) is 5.88. The fourth-order valence-electron chi connectivity index (χ4n) is 2.66. The lowest BCUT2D eigenvalue weighted by molar-refractivity contribution is -0.124.